The van der Waals surface area contributed by atoms with Gasteiger partial charge in [-0.2, -0.15) is 0 Å². The van der Waals surface area contributed by atoms with Crippen molar-refractivity contribution in [3.05, 3.63) is 16.9 Å². The molecule has 1 aromatic heterocycles. The van der Waals surface area contributed by atoms with Gasteiger partial charge >= 0.3 is 6.09 Å². The molecular weight excluding hydrogens is 292 g/mol. The molecule has 21 heavy (non-hydrogen) atoms. The molecule has 116 valence electrons. The van der Waals surface area contributed by atoms with Crippen LogP contribution in [0.25, 0.3) is 0 Å². The molecule has 0 aromatic carbocycles. The first-order valence-electron chi connectivity index (χ1n) is 6.98. The number of aryl methyl sites for hydroxylation is 1. The minimum absolute atomic E-state index is 0.107. The third-order valence-corrected chi connectivity index (χ3v) is 3.19. The Hall–Kier alpha value is -1.56. The number of rotatable bonds is 2. The van der Waals surface area contributed by atoms with Crippen LogP contribution in [-0.2, 0) is 4.74 Å². The first-order valence-corrected chi connectivity index (χ1v) is 7.36. The summed E-state index contributed by atoms with van der Waals surface area (Å²) in [6.45, 7) is 8.67. The van der Waals surface area contributed by atoms with Crippen molar-refractivity contribution in [2.75, 3.05) is 18.4 Å². The number of nitrogens with zero attached hydrogens (tertiary/aromatic N) is 3. The Morgan fingerprint density at radius 3 is 2.81 bits per heavy atom. The Balaban J connectivity index is 1.92. The molecule has 0 spiro atoms. The summed E-state index contributed by atoms with van der Waals surface area (Å²) < 4.78 is 5.37. The maximum atomic E-state index is 12.0. The van der Waals surface area contributed by atoms with Crippen LogP contribution in [-0.4, -0.2) is 45.7 Å². The van der Waals surface area contributed by atoms with Crippen LogP contribution >= 0.6 is 11.6 Å². The summed E-state index contributed by atoms with van der Waals surface area (Å²) in [4.78, 5) is 22.1. The maximum Gasteiger partial charge on any atom is 0.410 e. The Bertz CT molecular complexity index is 510. The highest BCUT2D eigenvalue weighted by Crippen LogP contribution is 2.18. The molecule has 7 heteroatoms. The lowest BCUT2D eigenvalue weighted by Gasteiger charge is -2.24. The van der Waals surface area contributed by atoms with E-state index in [9.17, 15) is 4.79 Å². The number of carbonyl (C=O) groups is 1. The van der Waals surface area contributed by atoms with E-state index in [0.29, 0.717) is 24.2 Å². The molecule has 0 bridgehead atoms. The van der Waals surface area contributed by atoms with Crippen molar-refractivity contribution in [3.63, 3.8) is 0 Å². The van der Waals surface area contributed by atoms with Crippen molar-refractivity contribution in [2.45, 2.75) is 45.8 Å². The average Bonchev–Trinajstić information content (AvgIpc) is 2.73. The van der Waals surface area contributed by atoms with Crippen LogP contribution in [0.1, 0.15) is 32.9 Å². The van der Waals surface area contributed by atoms with Gasteiger partial charge in [0.05, 0.1) is 0 Å². The normalized spacial score (nSPS) is 18.7. The Kier molecular flexibility index (Phi) is 4.56. The van der Waals surface area contributed by atoms with Gasteiger partial charge in [0.15, 0.2) is 0 Å². The van der Waals surface area contributed by atoms with Gasteiger partial charge in [-0.3, -0.25) is 0 Å². The molecule has 1 aliphatic heterocycles. The van der Waals surface area contributed by atoms with Crippen LogP contribution in [0.2, 0.25) is 5.15 Å². The molecule has 1 fully saturated rings. The van der Waals surface area contributed by atoms with Crippen LogP contribution in [0.5, 0.6) is 0 Å². The van der Waals surface area contributed by atoms with Gasteiger partial charge in [0.1, 0.15) is 10.8 Å². The second-order valence-corrected chi connectivity index (χ2v) is 6.60. The minimum Gasteiger partial charge on any atom is -0.444 e. The average molecular weight is 313 g/mol. The lowest BCUT2D eigenvalue weighted by Crippen LogP contribution is -2.36. The van der Waals surface area contributed by atoms with Gasteiger partial charge in [0.2, 0.25) is 5.95 Å². The fourth-order valence-electron chi connectivity index (χ4n) is 2.15. The number of anilines is 1. The first kappa shape index (κ1) is 15.8. The lowest BCUT2D eigenvalue weighted by atomic mass is 10.2. The molecule has 1 atom stereocenters. The second-order valence-electron chi connectivity index (χ2n) is 6.21. The molecule has 2 heterocycles. The summed E-state index contributed by atoms with van der Waals surface area (Å²) in [6, 6.07) is 1.81. The van der Waals surface area contributed by atoms with E-state index in [4.69, 9.17) is 16.3 Å². The number of amides is 1. The Morgan fingerprint density at radius 2 is 2.19 bits per heavy atom. The number of nitrogens with one attached hydrogen (secondary N) is 1. The number of hydrogen-bond donors (Lipinski definition) is 1. The summed E-state index contributed by atoms with van der Waals surface area (Å²) in [6.07, 6.45) is 0.545. The summed E-state index contributed by atoms with van der Waals surface area (Å²) in [5, 5.41) is 3.62. The van der Waals surface area contributed by atoms with E-state index < -0.39 is 5.60 Å². The summed E-state index contributed by atoms with van der Waals surface area (Å²) in [7, 11) is 0. The lowest BCUT2D eigenvalue weighted by molar-refractivity contribution is 0.0293. The highest BCUT2D eigenvalue weighted by molar-refractivity contribution is 6.29. The third-order valence-electron chi connectivity index (χ3n) is 3.00. The minimum atomic E-state index is -0.476. The third kappa shape index (κ3) is 4.74. The first-order chi connectivity index (χ1) is 9.73. The van der Waals surface area contributed by atoms with Crippen molar-refractivity contribution in [1.82, 2.24) is 14.9 Å². The van der Waals surface area contributed by atoms with Gasteiger partial charge in [-0.15, -0.1) is 0 Å². The summed E-state index contributed by atoms with van der Waals surface area (Å²) in [5.74, 6) is 0.496. The number of aromatic nitrogens is 2. The molecule has 1 N–H and O–H groups in total. The van der Waals surface area contributed by atoms with Gasteiger partial charge < -0.3 is 15.0 Å². The standard InChI is InChI=1S/C14H21ClN4O2/c1-9-7-11(15)18-12(16-9)17-10-5-6-19(8-10)13(20)21-14(2,3)4/h7,10H,5-6,8H2,1-4H3,(H,16,17,18)/t10-/m0/s1. The molecule has 6 nitrogen and oxygen atoms in total. The molecule has 2 rings (SSSR count). The fourth-order valence-corrected chi connectivity index (χ4v) is 2.39. The number of carbonyl (C=O) groups excluding carboxylic acids is 1. The Morgan fingerprint density at radius 1 is 1.48 bits per heavy atom. The van der Waals surface area contributed by atoms with Crippen LogP contribution in [0.3, 0.4) is 0 Å². The van der Waals surface area contributed by atoms with Crippen LogP contribution in [0.4, 0.5) is 10.7 Å². The van der Waals surface area contributed by atoms with Crippen molar-refractivity contribution < 1.29 is 9.53 Å². The van der Waals surface area contributed by atoms with Gasteiger partial charge in [-0.25, -0.2) is 14.8 Å². The van der Waals surface area contributed by atoms with E-state index in [1.807, 2.05) is 27.7 Å². The highest BCUT2D eigenvalue weighted by Gasteiger charge is 2.30. The van der Waals surface area contributed by atoms with E-state index in [0.717, 1.165) is 12.1 Å². The Labute approximate surface area is 129 Å². The van der Waals surface area contributed by atoms with E-state index >= 15 is 0 Å². The predicted molar refractivity (Wildman–Crippen MR) is 81.6 cm³/mol. The second kappa shape index (κ2) is 6.05. The van der Waals surface area contributed by atoms with Gasteiger partial charge in [-0.1, -0.05) is 11.6 Å². The molecule has 0 radical (unpaired) electrons. The quantitative estimate of drug-likeness (QED) is 0.851. The zero-order valence-corrected chi connectivity index (χ0v) is 13.6. The zero-order chi connectivity index (χ0) is 15.6. The van der Waals surface area contributed by atoms with Crippen LogP contribution < -0.4 is 5.32 Å². The molecule has 0 unspecified atom stereocenters. The SMILES string of the molecule is Cc1cc(Cl)nc(N[C@H]2CCN(C(=O)OC(C)(C)C)C2)n1. The van der Waals surface area contributed by atoms with E-state index in [1.165, 1.54) is 0 Å². The van der Waals surface area contributed by atoms with E-state index in [2.05, 4.69) is 15.3 Å². The van der Waals surface area contributed by atoms with Gasteiger partial charge in [0, 0.05) is 24.8 Å². The molecule has 1 amide bonds. The van der Waals surface area contributed by atoms with Crippen molar-refractivity contribution in [2.24, 2.45) is 0 Å². The highest BCUT2D eigenvalue weighted by atomic mass is 35.5. The number of halogens is 1. The fraction of sp³-hybridized carbons (Fsp3) is 0.643. The number of ether oxygens (including phenoxy) is 1. The number of likely N-dealkylation sites (tertiary alicyclic amines) is 1. The maximum absolute atomic E-state index is 12.0. The monoisotopic (exact) mass is 312 g/mol. The van der Waals surface area contributed by atoms with Crippen LogP contribution in [0.15, 0.2) is 6.07 Å². The number of hydrogen-bond acceptors (Lipinski definition) is 5. The topological polar surface area (TPSA) is 67.4 Å². The predicted octanol–water partition coefficient (Wildman–Crippen LogP) is 2.86. The van der Waals surface area contributed by atoms with Gasteiger partial charge in [0.25, 0.3) is 0 Å². The molecule has 0 aliphatic carbocycles. The largest absolute Gasteiger partial charge is 0.444 e. The van der Waals surface area contributed by atoms with E-state index in [1.54, 1.807) is 11.0 Å². The molecule has 1 aliphatic rings. The molecule has 1 aromatic rings. The smallest absolute Gasteiger partial charge is 0.410 e. The molecule has 1 saturated heterocycles. The van der Waals surface area contributed by atoms with Crippen molar-refractivity contribution in [3.8, 4) is 0 Å². The summed E-state index contributed by atoms with van der Waals surface area (Å²) >= 11 is 5.91. The zero-order valence-electron chi connectivity index (χ0n) is 12.8. The summed E-state index contributed by atoms with van der Waals surface area (Å²) in [5.41, 5.74) is 0.329. The van der Waals surface area contributed by atoms with Crippen molar-refractivity contribution in [1.29, 1.82) is 0 Å². The van der Waals surface area contributed by atoms with Crippen LogP contribution in [0, 0.1) is 6.92 Å². The van der Waals surface area contributed by atoms with Gasteiger partial charge in [-0.05, 0) is 40.2 Å². The van der Waals surface area contributed by atoms with E-state index in [-0.39, 0.29) is 12.1 Å². The molecular formula is C14H21ClN4O2. The van der Waals surface area contributed by atoms with Crippen molar-refractivity contribution >= 4 is 23.6 Å². The molecule has 0 saturated carbocycles.